The lowest BCUT2D eigenvalue weighted by atomic mass is 10.0. The van der Waals surface area contributed by atoms with Gasteiger partial charge in [-0.1, -0.05) is 0 Å². The second-order valence-electron chi connectivity index (χ2n) is 11.6. The standard InChI is InChI=1S/C31H34FN7O5S/c1-36(12-13-38-23-9-5-17(32)14-21(23)25(29(38)41)34-35-31(33)45)19-4-3-11-37(15-19)24-10-8-20-26(28(24)44-2)39(18-6-7-18)16-22(27(20)40)30(42)43/h5,8-10,14,16,18-19,41H,3-4,6-7,11-13,15H2,1-2H3,(H2,33,45)(H,42,43). The van der Waals surface area contributed by atoms with E-state index in [1.54, 1.807) is 23.8 Å². The molecule has 3 heterocycles. The Morgan fingerprint density at radius 2 is 2.00 bits per heavy atom. The first kappa shape index (κ1) is 30.5. The number of piperidine rings is 1. The molecule has 1 saturated heterocycles. The van der Waals surface area contributed by atoms with Crippen LogP contribution in [0.25, 0.3) is 21.8 Å². The summed E-state index contributed by atoms with van der Waals surface area (Å²) in [5.74, 6) is -1.30. The molecule has 0 amide bonds. The van der Waals surface area contributed by atoms with Gasteiger partial charge in [-0.05, 0) is 75.3 Å². The highest BCUT2D eigenvalue weighted by Gasteiger charge is 2.31. The molecule has 45 heavy (non-hydrogen) atoms. The highest BCUT2D eigenvalue weighted by Crippen LogP contribution is 2.43. The van der Waals surface area contributed by atoms with Crippen LogP contribution in [-0.2, 0) is 6.54 Å². The van der Waals surface area contributed by atoms with E-state index >= 15 is 0 Å². The average Bonchev–Trinajstić information content (AvgIpc) is 3.83. The third kappa shape index (κ3) is 5.71. The van der Waals surface area contributed by atoms with Gasteiger partial charge in [0.1, 0.15) is 11.4 Å². The molecule has 2 fully saturated rings. The number of anilines is 1. The van der Waals surface area contributed by atoms with E-state index in [9.17, 15) is 24.2 Å². The number of thiocarbonyl (C=S) groups is 1. The Morgan fingerprint density at radius 1 is 1.22 bits per heavy atom. The highest BCUT2D eigenvalue weighted by atomic mass is 32.1. The van der Waals surface area contributed by atoms with E-state index in [1.165, 1.54) is 18.3 Å². The van der Waals surface area contributed by atoms with Crippen molar-refractivity contribution in [1.82, 2.24) is 14.0 Å². The summed E-state index contributed by atoms with van der Waals surface area (Å²) >= 11 is 4.78. The van der Waals surface area contributed by atoms with Crippen LogP contribution in [0.5, 0.6) is 11.6 Å². The lowest BCUT2D eigenvalue weighted by Gasteiger charge is -2.39. The molecule has 4 N–H and O–H groups in total. The molecule has 0 spiro atoms. The van der Waals surface area contributed by atoms with Gasteiger partial charge in [-0.2, -0.15) is 0 Å². The molecule has 1 aliphatic carbocycles. The van der Waals surface area contributed by atoms with Crippen molar-refractivity contribution in [3.63, 3.8) is 0 Å². The number of aromatic carboxylic acids is 1. The molecule has 0 bridgehead atoms. The number of nitrogens with zero attached hydrogens (tertiary/aromatic N) is 6. The summed E-state index contributed by atoms with van der Waals surface area (Å²) in [4.78, 5) is 29.4. The minimum atomic E-state index is -1.24. The van der Waals surface area contributed by atoms with Gasteiger partial charge in [0.25, 0.3) is 0 Å². The van der Waals surface area contributed by atoms with Gasteiger partial charge in [-0.25, -0.2) is 9.18 Å². The molecule has 4 aromatic rings. The third-order valence-corrected chi connectivity index (χ3v) is 8.84. The Hall–Kier alpha value is -4.56. The fourth-order valence-electron chi connectivity index (χ4n) is 6.34. The van der Waals surface area contributed by atoms with Crippen LogP contribution >= 0.6 is 12.2 Å². The van der Waals surface area contributed by atoms with Crippen molar-refractivity contribution in [2.75, 3.05) is 38.7 Å². The average molecular weight is 636 g/mol. The molecular weight excluding hydrogens is 601 g/mol. The van der Waals surface area contributed by atoms with Gasteiger partial charge in [0.2, 0.25) is 16.4 Å². The lowest BCUT2D eigenvalue weighted by molar-refractivity contribution is 0.0694. The number of benzene rings is 2. The number of pyridine rings is 1. The SMILES string of the molecule is COc1c(N2CCCC(N(C)CCn3c(O)c(N=NC(N)=S)c4cc(F)ccc43)C2)ccc2c(=O)c(C(=O)O)cn(C3CC3)c12. The number of fused-ring (bicyclic) bond motifs is 2. The Bertz CT molecular complexity index is 1920. The van der Waals surface area contributed by atoms with Crippen LogP contribution in [-0.4, -0.2) is 75.2 Å². The molecule has 14 heteroatoms. The molecule has 12 nitrogen and oxygen atoms in total. The topological polar surface area (TPSA) is 151 Å². The molecule has 2 aromatic carbocycles. The molecule has 0 radical (unpaired) electrons. The van der Waals surface area contributed by atoms with E-state index in [2.05, 4.69) is 20.0 Å². The predicted molar refractivity (Wildman–Crippen MR) is 173 cm³/mol. The van der Waals surface area contributed by atoms with E-state index in [0.717, 1.165) is 37.9 Å². The first-order chi connectivity index (χ1) is 21.6. The molecule has 1 aliphatic heterocycles. The Kier molecular flexibility index (Phi) is 8.18. The zero-order valence-corrected chi connectivity index (χ0v) is 25.8. The van der Waals surface area contributed by atoms with Crippen LogP contribution in [0.2, 0.25) is 0 Å². The maximum absolute atomic E-state index is 14.1. The fraction of sp³-hybridized carbons (Fsp3) is 0.387. The smallest absolute Gasteiger partial charge is 0.341 e. The van der Waals surface area contributed by atoms with Crippen molar-refractivity contribution >= 4 is 56.5 Å². The summed E-state index contributed by atoms with van der Waals surface area (Å²) < 4.78 is 23.6. The van der Waals surface area contributed by atoms with Crippen molar-refractivity contribution in [2.45, 2.75) is 44.3 Å². The van der Waals surface area contributed by atoms with Crippen LogP contribution in [0.4, 0.5) is 15.8 Å². The summed E-state index contributed by atoms with van der Waals surface area (Å²) in [6, 6.07) is 8.07. The number of rotatable bonds is 9. The minimum Gasteiger partial charge on any atom is -0.493 e. The van der Waals surface area contributed by atoms with Crippen molar-refractivity contribution in [1.29, 1.82) is 0 Å². The molecule has 2 aromatic heterocycles. The van der Waals surface area contributed by atoms with Crippen LogP contribution < -0.4 is 20.8 Å². The Labute approximate surface area is 263 Å². The number of carboxylic acids is 1. The predicted octanol–water partition coefficient (Wildman–Crippen LogP) is 4.77. The first-order valence-electron chi connectivity index (χ1n) is 14.7. The number of nitrogens with two attached hydrogens (primary N) is 1. The zero-order chi connectivity index (χ0) is 32.0. The van der Waals surface area contributed by atoms with E-state index < -0.39 is 17.2 Å². The van der Waals surface area contributed by atoms with Gasteiger partial charge in [0, 0.05) is 49.8 Å². The van der Waals surface area contributed by atoms with Crippen LogP contribution in [0.1, 0.15) is 42.1 Å². The number of carbonyl (C=O) groups is 1. The van der Waals surface area contributed by atoms with E-state index in [1.807, 2.05) is 17.7 Å². The number of ether oxygens (including phenoxy) is 1. The number of methoxy groups -OCH3 is 1. The Balaban J connectivity index is 1.26. The molecule has 1 atom stereocenters. The summed E-state index contributed by atoms with van der Waals surface area (Å²) in [7, 11) is 3.60. The molecular formula is C31H34FN7O5S. The molecule has 1 saturated carbocycles. The number of aromatic nitrogens is 2. The van der Waals surface area contributed by atoms with Gasteiger partial charge in [-0.3, -0.25) is 9.69 Å². The molecule has 6 rings (SSSR count). The second-order valence-corrected chi connectivity index (χ2v) is 12.0. The van der Waals surface area contributed by atoms with E-state index in [0.29, 0.717) is 47.2 Å². The van der Waals surface area contributed by atoms with Crippen molar-refractivity contribution in [2.24, 2.45) is 16.0 Å². The number of hydrogen-bond acceptors (Lipinski definition) is 8. The monoisotopic (exact) mass is 635 g/mol. The van der Waals surface area contributed by atoms with Gasteiger partial charge in [0.15, 0.2) is 11.4 Å². The number of azo groups is 1. The maximum atomic E-state index is 14.1. The van der Waals surface area contributed by atoms with Gasteiger partial charge in [-0.15, -0.1) is 10.2 Å². The molecule has 1 unspecified atom stereocenters. The summed E-state index contributed by atoms with van der Waals surface area (Å²) in [6.07, 6.45) is 5.15. The number of aromatic hydroxyl groups is 1. The summed E-state index contributed by atoms with van der Waals surface area (Å²) in [6.45, 7) is 2.46. The molecule has 236 valence electrons. The largest absolute Gasteiger partial charge is 0.493 e. The summed E-state index contributed by atoms with van der Waals surface area (Å²) in [5.41, 5.74) is 6.88. The van der Waals surface area contributed by atoms with Crippen molar-refractivity contribution < 1.29 is 24.1 Å². The van der Waals surface area contributed by atoms with E-state index in [-0.39, 0.29) is 34.3 Å². The van der Waals surface area contributed by atoms with Crippen LogP contribution in [0, 0.1) is 5.82 Å². The number of halogens is 1. The maximum Gasteiger partial charge on any atom is 0.341 e. The van der Waals surface area contributed by atoms with Crippen molar-refractivity contribution in [3.05, 3.63) is 58.1 Å². The van der Waals surface area contributed by atoms with Gasteiger partial charge >= 0.3 is 5.97 Å². The second kappa shape index (κ2) is 12.1. The van der Waals surface area contributed by atoms with Crippen LogP contribution in [0.3, 0.4) is 0 Å². The number of carboxylic acid groups (broad SMARTS) is 1. The zero-order valence-electron chi connectivity index (χ0n) is 24.9. The quantitative estimate of drug-likeness (QED) is 0.175. The van der Waals surface area contributed by atoms with Crippen LogP contribution in [0.15, 0.2) is 51.6 Å². The summed E-state index contributed by atoms with van der Waals surface area (Å²) in [5, 5.41) is 28.9. The highest BCUT2D eigenvalue weighted by molar-refractivity contribution is 7.80. The molecule has 2 aliphatic rings. The van der Waals surface area contributed by atoms with Crippen molar-refractivity contribution in [3.8, 4) is 11.6 Å². The number of hydrogen-bond donors (Lipinski definition) is 3. The van der Waals surface area contributed by atoms with E-state index in [4.69, 9.17) is 22.7 Å². The number of likely N-dealkylation sites (N-methyl/N-ethyl adjacent to an activating group) is 1. The Morgan fingerprint density at radius 3 is 2.69 bits per heavy atom. The third-order valence-electron chi connectivity index (χ3n) is 8.76. The fourth-order valence-corrected chi connectivity index (χ4v) is 6.39. The van der Waals surface area contributed by atoms with Gasteiger partial charge in [0.05, 0.1) is 29.2 Å². The minimum absolute atomic E-state index is 0.104. The van der Waals surface area contributed by atoms with Gasteiger partial charge < -0.3 is 34.7 Å². The first-order valence-corrected chi connectivity index (χ1v) is 15.2. The lowest BCUT2D eigenvalue weighted by Crippen LogP contribution is -2.47. The normalized spacial score (nSPS) is 17.2.